The molecule has 0 spiro atoms. The number of aromatic nitrogens is 2. The SMILES string of the molecule is COc1ccc(NC(=O)c2n[nH]c3ccccc23)cc1S(=O)(=O)Nc1ccccc1Cl. The Kier molecular flexibility index (Phi) is 5.53. The number of amides is 1. The van der Waals surface area contributed by atoms with Crippen molar-refractivity contribution < 1.29 is 17.9 Å². The van der Waals surface area contributed by atoms with Gasteiger partial charge in [0, 0.05) is 11.1 Å². The van der Waals surface area contributed by atoms with Crippen LogP contribution in [0.5, 0.6) is 5.75 Å². The van der Waals surface area contributed by atoms with Crippen LogP contribution in [0.15, 0.2) is 71.6 Å². The van der Waals surface area contributed by atoms with Crippen molar-refractivity contribution in [2.45, 2.75) is 4.90 Å². The van der Waals surface area contributed by atoms with Crippen LogP contribution in [0.2, 0.25) is 5.02 Å². The molecule has 0 radical (unpaired) electrons. The normalized spacial score (nSPS) is 11.3. The number of nitrogens with one attached hydrogen (secondary N) is 3. The van der Waals surface area contributed by atoms with Gasteiger partial charge in [-0.1, -0.05) is 41.9 Å². The predicted molar refractivity (Wildman–Crippen MR) is 119 cm³/mol. The van der Waals surface area contributed by atoms with Gasteiger partial charge in [0.15, 0.2) is 5.69 Å². The van der Waals surface area contributed by atoms with E-state index in [1.807, 2.05) is 6.07 Å². The Hall–Kier alpha value is -3.56. The smallest absolute Gasteiger partial charge is 0.276 e. The minimum Gasteiger partial charge on any atom is -0.495 e. The molecule has 4 aromatic rings. The van der Waals surface area contributed by atoms with Crippen LogP contribution in [-0.2, 0) is 10.0 Å². The minimum atomic E-state index is -4.06. The Labute approximate surface area is 183 Å². The van der Waals surface area contributed by atoms with E-state index in [1.165, 1.54) is 19.2 Å². The summed E-state index contributed by atoms with van der Waals surface area (Å²) in [5.41, 5.74) is 1.40. The second-order valence-electron chi connectivity index (χ2n) is 6.52. The molecule has 158 valence electrons. The quantitative estimate of drug-likeness (QED) is 0.401. The second-order valence-corrected chi connectivity index (χ2v) is 8.58. The number of sulfonamides is 1. The molecular formula is C21H17ClN4O4S. The summed E-state index contributed by atoms with van der Waals surface area (Å²) in [6, 6.07) is 18.0. The number of fused-ring (bicyclic) bond motifs is 1. The van der Waals surface area contributed by atoms with Gasteiger partial charge in [-0.15, -0.1) is 0 Å². The Morgan fingerprint density at radius 2 is 1.81 bits per heavy atom. The van der Waals surface area contributed by atoms with Crippen LogP contribution in [0, 0.1) is 0 Å². The van der Waals surface area contributed by atoms with Crippen LogP contribution in [0.1, 0.15) is 10.5 Å². The molecule has 3 N–H and O–H groups in total. The molecular weight excluding hydrogens is 440 g/mol. The lowest BCUT2D eigenvalue weighted by Crippen LogP contribution is -2.16. The van der Waals surface area contributed by atoms with Crippen LogP contribution in [-0.4, -0.2) is 31.6 Å². The zero-order valence-electron chi connectivity index (χ0n) is 16.2. The van der Waals surface area contributed by atoms with Crippen molar-refractivity contribution in [1.82, 2.24) is 10.2 Å². The summed E-state index contributed by atoms with van der Waals surface area (Å²) in [5, 5.41) is 10.4. The zero-order valence-corrected chi connectivity index (χ0v) is 17.8. The highest BCUT2D eigenvalue weighted by Crippen LogP contribution is 2.31. The van der Waals surface area contributed by atoms with E-state index in [2.05, 4.69) is 20.2 Å². The lowest BCUT2D eigenvalue weighted by atomic mass is 10.2. The number of rotatable bonds is 6. The van der Waals surface area contributed by atoms with Gasteiger partial charge in [-0.2, -0.15) is 5.10 Å². The number of aromatic amines is 1. The monoisotopic (exact) mass is 456 g/mol. The highest BCUT2D eigenvalue weighted by Gasteiger charge is 2.22. The number of nitrogens with zero attached hydrogens (tertiary/aromatic N) is 1. The molecule has 10 heteroatoms. The zero-order chi connectivity index (χ0) is 22.0. The van der Waals surface area contributed by atoms with E-state index in [0.717, 1.165) is 5.52 Å². The number of hydrogen-bond donors (Lipinski definition) is 3. The minimum absolute atomic E-state index is 0.114. The summed E-state index contributed by atoms with van der Waals surface area (Å²) < 4.78 is 33.6. The number of methoxy groups -OCH3 is 1. The Morgan fingerprint density at radius 1 is 1.06 bits per heavy atom. The van der Waals surface area contributed by atoms with Gasteiger partial charge in [0.05, 0.1) is 23.3 Å². The molecule has 4 rings (SSSR count). The first kappa shape index (κ1) is 20.7. The molecule has 0 fully saturated rings. The molecule has 3 aromatic carbocycles. The van der Waals surface area contributed by atoms with E-state index in [0.29, 0.717) is 5.39 Å². The van der Waals surface area contributed by atoms with Crippen LogP contribution in [0.25, 0.3) is 10.9 Å². The molecule has 0 aliphatic heterocycles. The topological polar surface area (TPSA) is 113 Å². The van der Waals surface area contributed by atoms with Crippen LogP contribution < -0.4 is 14.8 Å². The first-order valence-electron chi connectivity index (χ1n) is 9.09. The van der Waals surface area contributed by atoms with Gasteiger partial charge in [-0.25, -0.2) is 8.42 Å². The van der Waals surface area contributed by atoms with Crippen molar-refractivity contribution in [2.24, 2.45) is 0 Å². The third kappa shape index (κ3) is 4.18. The van der Waals surface area contributed by atoms with Gasteiger partial charge in [0.25, 0.3) is 15.9 Å². The van der Waals surface area contributed by atoms with Crippen LogP contribution in [0.3, 0.4) is 0 Å². The van der Waals surface area contributed by atoms with Gasteiger partial charge in [-0.05, 0) is 36.4 Å². The van der Waals surface area contributed by atoms with E-state index in [9.17, 15) is 13.2 Å². The second kappa shape index (κ2) is 8.29. The van der Waals surface area contributed by atoms with Gasteiger partial charge < -0.3 is 10.1 Å². The summed E-state index contributed by atoms with van der Waals surface area (Å²) in [6.45, 7) is 0. The number of anilines is 2. The lowest BCUT2D eigenvalue weighted by molar-refractivity contribution is 0.102. The average molecular weight is 457 g/mol. The number of benzene rings is 3. The Morgan fingerprint density at radius 3 is 2.58 bits per heavy atom. The Balaban J connectivity index is 1.66. The number of carbonyl (C=O) groups is 1. The maximum absolute atomic E-state index is 13.0. The third-order valence-corrected chi connectivity index (χ3v) is 6.23. The van der Waals surface area contributed by atoms with Crippen molar-refractivity contribution in [1.29, 1.82) is 0 Å². The van der Waals surface area contributed by atoms with Crippen molar-refractivity contribution in [3.63, 3.8) is 0 Å². The van der Waals surface area contributed by atoms with Crippen molar-refractivity contribution in [2.75, 3.05) is 17.1 Å². The number of ether oxygens (including phenoxy) is 1. The van der Waals surface area contributed by atoms with Crippen LogP contribution in [0.4, 0.5) is 11.4 Å². The molecule has 0 saturated heterocycles. The van der Waals surface area contributed by atoms with Gasteiger partial charge >= 0.3 is 0 Å². The molecule has 0 atom stereocenters. The molecule has 1 aromatic heterocycles. The predicted octanol–water partition coefficient (Wildman–Crippen LogP) is 4.28. The standard InChI is InChI=1S/C21H17ClN4O4S/c1-30-18-11-10-13(23-21(27)20-14-6-2-4-8-16(14)24-25-20)12-19(18)31(28,29)26-17-9-5-3-7-15(17)22/h2-12,26H,1H3,(H,23,27)(H,24,25). The number of halogens is 1. The van der Waals surface area contributed by atoms with E-state index in [-0.39, 0.29) is 32.7 Å². The lowest BCUT2D eigenvalue weighted by Gasteiger charge is -2.14. The van der Waals surface area contributed by atoms with E-state index < -0.39 is 15.9 Å². The van der Waals surface area contributed by atoms with Crippen LogP contribution >= 0.6 is 11.6 Å². The van der Waals surface area contributed by atoms with E-state index in [4.69, 9.17) is 16.3 Å². The van der Waals surface area contributed by atoms with Gasteiger partial charge in [0.1, 0.15) is 10.6 Å². The maximum Gasteiger partial charge on any atom is 0.276 e. The highest BCUT2D eigenvalue weighted by atomic mass is 35.5. The molecule has 8 nitrogen and oxygen atoms in total. The molecule has 0 aliphatic rings. The first-order valence-corrected chi connectivity index (χ1v) is 10.9. The maximum atomic E-state index is 13.0. The molecule has 1 amide bonds. The fourth-order valence-corrected chi connectivity index (χ4v) is 4.55. The first-order chi connectivity index (χ1) is 14.9. The van der Waals surface area contributed by atoms with Crippen molar-refractivity contribution >= 4 is 49.8 Å². The number of para-hydroxylation sites is 2. The van der Waals surface area contributed by atoms with Crippen molar-refractivity contribution in [3.05, 3.63) is 77.4 Å². The van der Waals surface area contributed by atoms with E-state index in [1.54, 1.807) is 48.5 Å². The third-order valence-electron chi connectivity index (χ3n) is 4.51. The number of hydrogen-bond acceptors (Lipinski definition) is 5. The van der Waals surface area contributed by atoms with Crippen molar-refractivity contribution in [3.8, 4) is 5.75 Å². The summed E-state index contributed by atoms with van der Waals surface area (Å²) in [5.74, 6) is -0.368. The van der Waals surface area contributed by atoms with Gasteiger partial charge in [-0.3, -0.25) is 14.6 Å². The largest absolute Gasteiger partial charge is 0.495 e. The summed E-state index contributed by atoms with van der Waals surface area (Å²) >= 11 is 6.07. The fourth-order valence-electron chi connectivity index (χ4n) is 3.04. The average Bonchev–Trinajstić information content (AvgIpc) is 3.19. The highest BCUT2D eigenvalue weighted by molar-refractivity contribution is 7.92. The summed E-state index contributed by atoms with van der Waals surface area (Å²) in [6.07, 6.45) is 0. The molecule has 0 unspecified atom stereocenters. The molecule has 0 bridgehead atoms. The number of H-pyrrole nitrogens is 1. The number of carbonyl (C=O) groups excluding carboxylic acids is 1. The molecule has 1 heterocycles. The Bertz CT molecular complexity index is 1390. The molecule has 0 aliphatic carbocycles. The molecule has 0 saturated carbocycles. The fraction of sp³-hybridized carbons (Fsp3) is 0.0476. The summed E-state index contributed by atoms with van der Waals surface area (Å²) in [7, 11) is -2.70. The summed E-state index contributed by atoms with van der Waals surface area (Å²) in [4.78, 5) is 12.6. The van der Waals surface area contributed by atoms with Gasteiger partial charge in [0.2, 0.25) is 0 Å². The molecule has 31 heavy (non-hydrogen) atoms. The van der Waals surface area contributed by atoms with E-state index >= 15 is 0 Å².